The zero-order chi connectivity index (χ0) is 9.68. The normalized spacial score (nSPS) is 17.8. The van der Waals surface area contributed by atoms with E-state index in [9.17, 15) is 9.59 Å². The molecule has 72 valence electrons. The van der Waals surface area contributed by atoms with E-state index in [1.165, 1.54) is 19.1 Å². The fourth-order valence-corrected chi connectivity index (χ4v) is 1.08. The van der Waals surface area contributed by atoms with E-state index in [1.807, 2.05) is 0 Å². The maximum atomic E-state index is 11.3. The molecule has 0 aromatic heterocycles. The number of hydrogen-bond donors (Lipinski definition) is 0. The van der Waals surface area contributed by atoms with Gasteiger partial charge in [0.2, 0.25) is 5.91 Å². The first kappa shape index (κ1) is 9.92. The van der Waals surface area contributed by atoms with Crippen LogP contribution < -0.4 is 0 Å². The number of morpholine rings is 1. The first-order valence-electron chi connectivity index (χ1n) is 4.25. The summed E-state index contributed by atoms with van der Waals surface area (Å²) in [4.78, 5) is 23.6. The van der Waals surface area contributed by atoms with Crippen LogP contribution in [0.2, 0.25) is 0 Å². The summed E-state index contributed by atoms with van der Waals surface area (Å²) in [5.41, 5.74) is 0. The lowest BCUT2D eigenvalue weighted by Gasteiger charge is -2.25. The molecule has 13 heavy (non-hydrogen) atoms. The predicted molar refractivity (Wildman–Crippen MR) is 47.2 cm³/mol. The summed E-state index contributed by atoms with van der Waals surface area (Å²) in [5, 5.41) is 0. The Morgan fingerprint density at radius 1 is 1.23 bits per heavy atom. The van der Waals surface area contributed by atoms with Gasteiger partial charge in [0, 0.05) is 19.2 Å². The number of hydrogen-bond acceptors (Lipinski definition) is 3. The highest BCUT2D eigenvalue weighted by molar-refractivity contribution is 5.96. The quantitative estimate of drug-likeness (QED) is 0.566. The number of rotatable bonds is 2. The van der Waals surface area contributed by atoms with Gasteiger partial charge in [-0.2, -0.15) is 0 Å². The fourth-order valence-electron chi connectivity index (χ4n) is 1.08. The molecule has 0 bridgehead atoms. The Morgan fingerprint density at radius 3 is 2.38 bits per heavy atom. The van der Waals surface area contributed by atoms with Crippen molar-refractivity contribution < 1.29 is 14.3 Å². The number of carbonyl (C=O) groups excluding carboxylic acids is 2. The maximum absolute atomic E-state index is 11.3. The van der Waals surface area contributed by atoms with E-state index in [0.29, 0.717) is 26.3 Å². The van der Waals surface area contributed by atoms with Gasteiger partial charge in [-0.1, -0.05) is 0 Å². The molecule has 0 aliphatic carbocycles. The molecular weight excluding hydrogens is 170 g/mol. The standard InChI is InChI=1S/C9H13NO3/c1-8(11)2-3-9(12)10-4-6-13-7-5-10/h2-3H,4-7H2,1H3. The maximum Gasteiger partial charge on any atom is 0.246 e. The van der Waals surface area contributed by atoms with Crippen molar-refractivity contribution in [2.75, 3.05) is 26.3 Å². The summed E-state index contributed by atoms with van der Waals surface area (Å²) in [6, 6.07) is 0. The van der Waals surface area contributed by atoms with E-state index in [2.05, 4.69) is 0 Å². The molecule has 0 atom stereocenters. The second kappa shape index (κ2) is 4.77. The molecule has 1 aliphatic rings. The van der Waals surface area contributed by atoms with E-state index in [4.69, 9.17) is 4.74 Å². The van der Waals surface area contributed by atoms with Crippen LogP contribution in [0.15, 0.2) is 12.2 Å². The Morgan fingerprint density at radius 2 is 1.85 bits per heavy atom. The van der Waals surface area contributed by atoms with Gasteiger partial charge in [0.25, 0.3) is 0 Å². The third-order valence-electron chi connectivity index (χ3n) is 1.78. The molecule has 1 aliphatic heterocycles. The zero-order valence-corrected chi connectivity index (χ0v) is 7.66. The third-order valence-corrected chi connectivity index (χ3v) is 1.78. The van der Waals surface area contributed by atoms with Crippen LogP contribution in [0.4, 0.5) is 0 Å². The highest BCUT2D eigenvalue weighted by atomic mass is 16.5. The molecule has 0 radical (unpaired) electrons. The van der Waals surface area contributed by atoms with Crippen LogP contribution in [-0.4, -0.2) is 42.9 Å². The molecular formula is C9H13NO3. The van der Waals surface area contributed by atoms with Crippen molar-refractivity contribution in [3.63, 3.8) is 0 Å². The van der Waals surface area contributed by atoms with Gasteiger partial charge in [-0.3, -0.25) is 9.59 Å². The highest BCUT2D eigenvalue weighted by Crippen LogP contribution is 1.97. The Labute approximate surface area is 77.2 Å². The molecule has 1 amide bonds. The highest BCUT2D eigenvalue weighted by Gasteiger charge is 2.13. The van der Waals surface area contributed by atoms with Crippen molar-refractivity contribution in [1.82, 2.24) is 4.90 Å². The SMILES string of the molecule is CC(=O)C=CC(=O)N1CCOCC1. The van der Waals surface area contributed by atoms with Gasteiger partial charge in [-0.25, -0.2) is 0 Å². The van der Waals surface area contributed by atoms with Gasteiger partial charge in [-0.15, -0.1) is 0 Å². The van der Waals surface area contributed by atoms with Gasteiger partial charge in [-0.05, 0) is 13.0 Å². The Balaban J connectivity index is 2.41. The van der Waals surface area contributed by atoms with Crippen LogP contribution in [0.25, 0.3) is 0 Å². The molecule has 1 fully saturated rings. The number of ether oxygens (including phenoxy) is 1. The van der Waals surface area contributed by atoms with Crippen LogP contribution in [0.5, 0.6) is 0 Å². The van der Waals surface area contributed by atoms with Crippen LogP contribution in [0.3, 0.4) is 0 Å². The minimum absolute atomic E-state index is 0.110. The van der Waals surface area contributed by atoms with Crippen molar-refractivity contribution in [2.45, 2.75) is 6.92 Å². The summed E-state index contributed by atoms with van der Waals surface area (Å²) in [6.45, 7) is 3.81. The first-order valence-corrected chi connectivity index (χ1v) is 4.25. The lowest BCUT2D eigenvalue weighted by molar-refractivity contribution is -0.130. The van der Waals surface area contributed by atoms with Gasteiger partial charge in [0.1, 0.15) is 0 Å². The number of carbonyl (C=O) groups is 2. The van der Waals surface area contributed by atoms with Crippen molar-refractivity contribution in [2.24, 2.45) is 0 Å². The monoisotopic (exact) mass is 183 g/mol. The average molecular weight is 183 g/mol. The third kappa shape index (κ3) is 3.38. The van der Waals surface area contributed by atoms with Crippen LogP contribution in [-0.2, 0) is 14.3 Å². The first-order chi connectivity index (χ1) is 6.20. The molecule has 0 N–H and O–H groups in total. The Kier molecular flexibility index (Phi) is 3.64. The summed E-state index contributed by atoms with van der Waals surface area (Å²) in [6.07, 6.45) is 2.60. The number of amides is 1. The Bertz CT molecular complexity index is 229. The van der Waals surface area contributed by atoms with Crippen LogP contribution in [0.1, 0.15) is 6.92 Å². The molecule has 1 rings (SSSR count). The minimum Gasteiger partial charge on any atom is -0.378 e. The minimum atomic E-state index is -0.112. The van der Waals surface area contributed by atoms with E-state index >= 15 is 0 Å². The largest absolute Gasteiger partial charge is 0.378 e. The van der Waals surface area contributed by atoms with E-state index < -0.39 is 0 Å². The Hall–Kier alpha value is -1.16. The molecule has 4 heteroatoms. The molecule has 0 saturated carbocycles. The van der Waals surface area contributed by atoms with Gasteiger partial charge in [0.15, 0.2) is 5.78 Å². The summed E-state index contributed by atoms with van der Waals surface area (Å²) in [5.74, 6) is -0.222. The molecule has 1 saturated heterocycles. The van der Waals surface area contributed by atoms with E-state index in [0.717, 1.165) is 0 Å². The molecule has 0 aromatic rings. The van der Waals surface area contributed by atoms with Crippen molar-refractivity contribution in [3.05, 3.63) is 12.2 Å². The molecule has 4 nitrogen and oxygen atoms in total. The smallest absolute Gasteiger partial charge is 0.246 e. The number of allylic oxidation sites excluding steroid dienone is 1. The van der Waals surface area contributed by atoms with Gasteiger partial charge >= 0.3 is 0 Å². The predicted octanol–water partition coefficient (Wildman–Crippen LogP) is -0.00960. The molecule has 0 aromatic carbocycles. The van der Waals surface area contributed by atoms with E-state index in [-0.39, 0.29) is 11.7 Å². The summed E-state index contributed by atoms with van der Waals surface area (Å²) in [7, 11) is 0. The lowest BCUT2D eigenvalue weighted by Crippen LogP contribution is -2.39. The van der Waals surface area contributed by atoms with Crippen LogP contribution in [0, 0.1) is 0 Å². The number of nitrogens with zero attached hydrogens (tertiary/aromatic N) is 1. The van der Waals surface area contributed by atoms with Gasteiger partial charge in [0.05, 0.1) is 13.2 Å². The molecule has 0 spiro atoms. The lowest BCUT2D eigenvalue weighted by atomic mass is 10.3. The number of ketones is 1. The zero-order valence-electron chi connectivity index (χ0n) is 7.66. The van der Waals surface area contributed by atoms with E-state index in [1.54, 1.807) is 4.90 Å². The van der Waals surface area contributed by atoms with Crippen LogP contribution >= 0.6 is 0 Å². The summed E-state index contributed by atoms with van der Waals surface area (Å²) < 4.78 is 5.09. The fraction of sp³-hybridized carbons (Fsp3) is 0.556. The second-order valence-corrected chi connectivity index (χ2v) is 2.88. The van der Waals surface area contributed by atoms with Crippen molar-refractivity contribution >= 4 is 11.7 Å². The summed E-state index contributed by atoms with van der Waals surface area (Å²) >= 11 is 0. The second-order valence-electron chi connectivity index (χ2n) is 2.88. The van der Waals surface area contributed by atoms with Gasteiger partial charge < -0.3 is 9.64 Å². The topological polar surface area (TPSA) is 46.6 Å². The average Bonchev–Trinajstić information content (AvgIpc) is 2.15. The van der Waals surface area contributed by atoms with Crippen molar-refractivity contribution in [1.29, 1.82) is 0 Å². The molecule has 0 unspecified atom stereocenters. The molecule has 1 heterocycles. The van der Waals surface area contributed by atoms with Crippen molar-refractivity contribution in [3.8, 4) is 0 Å².